The van der Waals surface area contributed by atoms with Gasteiger partial charge in [0.2, 0.25) is 11.8 Å². The van der Waals surface area contributed by atoms with Crippen molar-refractivity contribution in [3.63, 3.8) is 0 Å². The van der Waals surface area contributed by atoms with Crippen molar-refractivity contribution in [2.75, 3.05) is 0 Å². The second kappa shape index (κ2) is 4.97. The smallest absolute Gasteiger partial charge is 0.232 e. The molecule has 7 atom stereocenters. The second-order valence-corrected chi connectivity index (χ2v) is 9.27. The number of carbonyl (C=O) groups is 2. The van der Waals surface area contributed by atoms with E-state index in [4.69, 9.17) is 5.73 Å². The van der Waals surface area contributed by atoms with Gasteiger partial charge in [-0.05, 0) is 73.5 Å². The predicted molar refractivity (Wildman–Crippen MR) is 88.2 cm³/mol. The molecule has 0 bridgehead atoms. The van der Waals surface area contributed by atoms with Crippen molar-refractivity contribution in [2.24, 2.45) is 40.2 Å². The molecule has 0 radical (unpaired) electrons. The minimum Gasteiger partial charge on any atom is -0.369 e. The lowest BCUT2D eigenvalue weighted by atomic mass is 9.47. The molecular formula is C19H30N2O2. The molecule has 3 aliphatic carbocycles. The lowest BCUT2D eigenvalue weighted by Crippen LogP contribution is -2.64. The van der Waals surface area contributed by atoms with E-state index in [1.54, 1.807) is 0 Å². The number of hydrogen-bond acceptors (Lipinski definition) is 2. The Bertz CT molecular complexity index is 547. The average molecular weight is 318 g/mol. The van der Waals surface area contributed by atoms with E-state index in [1.165, 1.54) is 38.5 Å². The normalized spacial score (nSPS) is 52.1. The number of primary amides is 1. The van der Waals surface area contributed by atoms with E-state index >= 15 is 0 Å². The van der Waals surface area contributed by atoms with Crippen LogP contribution < -0.4 is 11.1 Å². The van der Waals surface area contributed by atoms with Crippen LogP contribution >= 0.6 is 0 Å². The first kappa shape index (κ1) is 15.5. The zero-order valence-electron chi connectivity index (χ0n) is 14.4. The van der Waals surface area contributed by atoms with Gasteiger partial charge in [0.1, 0.15) is 5.92 Å². The lowest BCUT2D eigenvalue weighted by molar-refractivity contribution is -0.149. The van der Waals surface area contributed by atoms with Gasteiger partial charge in [0.25, 0.3) is 0 Å². The first-order valence-corrected chi connectivity index (χ1v) is 9.45. The molecule has 0 spiro atoms. The van der Waals surface area contributed by atoms with Crippen LogP contribution in [-0.4, -0.2) is 17.9 Å². The summed E-state index contributed by atoms with van der Waals surface area (Å²) in [7, 11) is 0. The fraction of sp³-hybridized carbons (Fsp3) is 0.895. The van der Waals surface area contributed by atoms with Crippen LogP contribution in [0.25, 0.3) is 0 Å². The van der Waals surface area contributed by atoms with Crippen LogP contribution in [0.1, 0.15) is 65.2 Å². The molecule has 0 aromatic heterocycles. The Morgan fingerprint density at radius 1 is 1.13 bits per heavy atom. The number of amides is 2. The van der Waals surface area contributed by atoms with Crippen molar-refractivity contribution in [3.8, 4) is 0 Å². The fourth-order valence-electron chi connectivity index (χ4n) is 7.01. The highest BCUT2D eigenvalue weighted by Gasteiger charge is 2.59. The van der Waals surface area contributed by atoms with E-state index in [2.05, 4.69) is 19.2 Å². The van der Waals surface area contributed by atoms with Crippen LogP contribution in [0.3, 0.4) is 0 Å². The third-order valence-corrected chi connectivity index (χ3v) is 8.27. The summed E-state index contributed by atoms with van der Waals surface area (Å²) in [6.07, 6.45) is 9.69. The Balaban J connectivity index is 1.65. The monoisotopic (exact) mass is 318 g/mol. The molecule has 1 heterocycles. The lowest BCUT2D eigenvalue weighted by Gasteiger charge is -2.60. The van der Waals surface area contributed by atoms with Crippen LogP contribution in [0.4, 0.5) is 0 Å². The predicted octanol–water partition coefficient (Wildman–Crippen LogP) is 2.61. The first-order chi connectivity index (χ1) is 10.8. The van der Waals surface area contributed by atoms with Gasteiger partial charge in [0.15, 0.2) is 0 Å². The number of nitrogens with two attached hydrogens (primary N) is 1. The molecular weight excluding hydrogens is 288 g/mol. The van der Waals surface area contributed by atoms with E-state index in [1.807, 2.05) is 0 Å². The molecule has 3 saturated carbocycles. The van der Waals surface area contributed by atoms with Gasteiger partial charge in [-0.1, -0.05) is 20.3 Å². The van der Waals surface area contributed by atoms with Gasteiger partial charge in [-0.15, -0.1) is 0 Å². The number of nitrogens with one attached hydrogen (secondary N) is 1. The van der Waals surface area contributed by atoms with Gasteiger partial charge >= 0.3 is 0 Å². The molecule has 2 amide bonds. The quantitative estimate of drug-likeness (QED) is 0.729. The van der Waals surface area contributed by atoms with Gasteiger partial charge in [-0.25, -0.2) is 0 Å². The van der Waals surface area contributed by atoms with Crippen molar-refractivity contribution in [1.82, 2.24) is 5.32 Å². The minimum atomic E-state index is -0.633. The third-order valence-electron chi connectivity index (χ3n) is 8.27. The highest BCUT2D eigenvalue weighted by Crippen LogP contribution is 2.64. The Labute approximate surface area is 138 Å². The zero-order valence-corrected chi connectivity index (χ0v) is 14.4. The molecule has 4 aliphatic rings. The summed E-state index contributed by atoms with van der Waals surface area (Å²) in [6.45, 7) is 4.83. The summed E-state index contributed by atoms with van der Waals surface area (Å²) in [6, 6.07) is 0.234. The van der Waals surface area contributed by atoms with Gasteiger partial charge in [-0.3, -0.25) is 9.59 Å². The Morgan fingerprint density at radius 2 is 1.91 bits per heavy atom. The van der Waals surface area contributed by atoms with Gasteiger partial charge < -0.3 is 11.1 Å². The maximum atomic E-state index is 12.2. The summed E-state index contributed by atoms with van der Waals surface area (Å²) in [5.74, 6) is 1.04. The van der Waals surface area contributed by atoms with Crippen LogP contribution in [-0.2, 0) is 9.59 Å². The number of piperidine rings is 1. The first-order valence-electron chi connectivity index (χ1n) is 9.45. The van der Waals surface area contributed by atoms with E-state index in [0.29, 0.717) is 17.8 Å². The van der Waals surface area contributed by atoms with E-state index in [-0.39, 0.29) is 17.4 Å². The molecule has 4 fully saturated rings. The molecule has 1 aliphatic heterocycles. The summed E-state index contributed by atoms with van der Waals surface area (Å²) in [5, 5.41) is 3.15. The zero-order chi connectivity index (χ0) is 16.4. The molecule has 0 aromatic carbocycles. The van der Waals surface area contributed by atoms with Gasteiger partial charge in [0.05, 0.1) is 0 Å². The van der Waals surface area contributed by atoms with E-state index in [9.17, 15) is 9.59 Å². The maximum Gasteiger partial charge on any atom is 0.232 e. The standard InChI is InChI=1S/C19H30N2O2/c1-18-8-3-4-13(18)11-5-6-15-19(2,14(11)7-9-18)10-12(16(20)22)17(23)21-15/h11-15H,3-10H2,1-2H3,(H2,20,22)(H,21,23)/t11-,12?,13-,14-,15+,18-,19+/m0/s1. The number of rotatable bonds is 1. The van der Waals surface area contributed by atoms with E-state index < -0.39 is 11.8 Å². The van der Waals surface area contributed by atoms with E-state index in [0.717, 1.165) is 18.3 Å². The molecule has 3 N–H and O–H groups in total. The summed E-state index contributed by atoms with van der Waals surface area (Å²) < 4.78 is 0. The highest BCUT2D eigenvalue weighted by atomic mass is 16.2. The van der Waals surface area contributed by atoms with Crippen molar-refractivity contribution in [3.05, 3.63) is 0 Å². The second-order valence-electron chi connectivity index (χ2n) is 9.27. The molecule has 128 valence electrons. The summed E-state index contributed by atoms with van der Waals surface area (Å²) in [4.78, 5) is 24.0. The summed E-state index contributed by atoms with van der Waals surface area (Å²) in [5.41, 5.74) is 6.10. The molecule has 0 aromatic rings. The molecule has 4 heteroatoms. The Kier molecular flexibility index (Phi) is 3.34. The molecule has 1 unspecified atom stereocenters. The summed E-state index contributed by atoms with van der Waals surface area (Å²) >= 11 is 0. The average Bonchev–Trinajstić information content (AvgIpc) is 2.89. The van der Waals surface area contributed by atoms with Crippen LogP contribution in [0.15, 0.2) is 0 Å². The SMILES string of the molecule is C[C@@]12CCC[C@H]1[C@@H]1CC[C@H]3NC(=O)C(C(N)=O)C[C@]3(C)[C@H]1CC2. The molecule has 23 heavy (non-hydrogen) atoms. The number of fused-ring (bicyclic) bond motifs is 5. The Morgan fingerprint density at radius 3 is 2.65 bits per heavy atom. The van der Waals surface area contributed by atoms with Gasteiger partial charge in [0, 0.05) is 6.04 Å². The number of carbonyl (C=O) groups excluding carboxylic acids is 2. The van der Waals surface area contributed by atoms with Crippen LogP contribution in [0.5, 0.6) is 0 Å². The highest BCUT2D eigenvalue weighted by molar-refractivity contribution is 6.00. The van der Waals surface area contributed by atoms with Crippen molar-refractivity contribution in [1.29, 1.82) is 0 Å². The van der Waals surface area contributed by atoms with Gasteiger partial charge in [-0.2, -0.15) is 0 Å². The Hall–Kier alpha value is -1.06. The molecule has 4 rings (SSSR count). The van der Waals surface area contributed by atoms with Crippen LogP contribution in [0, 0.1) is 34.5 Å². The largest absolute Gasteiger partial charge is 0.369 e. The molecule has 4 nitrogen and oxygen atoms in total. The molecule has 1 saturated heterocycles. The maximum absolute atomic E-state index is 12.2. The third kappa shape index (κ3) is 2.09. The van der Waals surface area contributed by atoms with Crippen LogP contribution in [0.2, 0.25) is 0 Å². The van der Waals surface area contributed by atoms with Crippen molar-refractivity contribution < 1.29 is 9.59 Å². The fourth-order valence-corrected chi connectivity index (χ4v) is 7.01. The topological polar surface area (TPSA) is 72.2 Å². The minimum absolute atomic E-state index is 0.0421. The van der Waals surface area contributed by atoms with Crippen molar-refractivity contribution in [2.45, 2.75) is 71.3 Å². The van der Waals surface area contributed by atoms with Crippen molar-refractivity contribution >= 4 is 11.8 Å². The number of hydrogen-bond donors (Lipinski definition) is 2.